The molecule has 0 saturated heterocycles. The van der Waals surface area contributed by atoms with E-state index in [4.69, 9.17) is 9.97 Å². The third-order valence-electron chi connectivity index (χ3n) is 29.6. The van der Waals surface area contributed by atoms with Gasteiger partial charge in [-0.05, 0) is 180 Å². The fourth-order valence-corrected chi connectivity index (χ4v) is 24.7. The second-order valence-electron chi connectivity index (χ2n) is 41.1. The van der Waals surface area contributed by atoms with Gasteiger partial charge in [0.15, 0.2) is 0 Å². The molecule has 0 unspecified atom stereocenters. The summed E-state index contributed by atoms with van der Waals surface area (Å²) >= 11 is 0. The molecule has 27 rings (SSSR count). The third-order valence-corrected chi connectivity index (χ3v) is 31.7. The first-order valence-electron chi connectivity index (χ1n) is 51.6. The Morgan fingerprint density at radius 3 is 0.890 bits per heavy atom. The minimum Gasteiger partial charge on any atom is -0.348 e. The number of benzene rings is 12. The van der Waals surface area contributed by atoms with E-state index < -0.39 is 8.07 Å². The molecule has 3 saturated carbocycles. The molecule has 0 atom stereocenters. The maximum Gasteiger partial charge on any atom is 0.0799 e. The number of aromatic nitrogens is 9. The zero-order valence-corrected chi connectivity index (χ0v) is 91.9. The maximum atomic E-state index is 5.13. The number of aryl methyl sites for hydroxylation is 1. The Morgan fingerprint density at radius 1 is 0.283 bits per heavy atom. The summed E-state index contributed by atoms with van der Waals surface area (Å²) in [6, 6.07) is 127. The number of fused-ring (bicyclic) bond motifs is 18. The van der Waals surface area contributed by atoms with Crippen molar-refractivity contribution in [2.45, 2.75) is 181 Å². The molecule has 145 heavy (non-hydrogen) atoms. The smallest absolute Gasteiger partial charge is 0.0799 e. The number of hydrogen-bond acceptors (Lipinski definition) is 6. The molecule has 0 amide bonds. The molecule has 9 nitrogen and oxygen atoms in total. The Hall–Kier alpha value is -12.9. The second-order valence-corrected chi connectivity index (χ2v) is 46.1. The fourth-order valence-electron chi connectivity index (χ4n) is 23.1. The maximum absolute atomic E-state index is 5.13. The summed E-state index contributed by atoms with van der Waals surface area (Å²) in [5.41, 5.74) is 33.3. The van der Waals surface area contributed by atoms with Crippen molar-refractivity contribution >= 4 is 128 Å². The predicted molar refractivity (Wildman–Crippen MR) is 597 cm³/mol. The molecule has 12 aromatic heterocycles. The molecule has 13 heteroatoms. The van der Waals surface area contributed by atoms with Crippen LogP contribution in [0.25, 0.3) is 182 Å². The van der Waals surface area contributed by atoms with Crippen LogP contribution in [0, 0.1) is 55.2 Å². The van der Waals surface area contributed by atoms with Gasteiger partial charge in [0.25, 0.3) is 0 Å². The van der Waals surface area contributed by atoms with Gasteiger partial charge < -0.3 is 28.2 Å². The van der Waals surface area contributed by atoms with Crippen molar-refractivity contribution in [1.29, 1.82) is 0 Å². The van der Waals surface area contributed by atoms with Gasteiger partial charge in [-0.3, -0.25) is 15.0 Å². The zero-order valence-electron chi connectivity index (χ0n) is 83.8. The molecule has 0 N–H and O–H groups in total. The van der Waals surface area contributed by atoms with Crippen LogP contribution in [-0.4, -0.2) is 51.2 Å². The SMILES string of the molecule is CC(C)Cc1cc(-c2[c-]c3c4cccc5c6ccccc6n(c3c(C3CCCCC3)c2)c45)ncc1[Si](C)(C)C.Cc1cnc(-c2[c-]c3c4cccc5c6ccccc6n(c3c(C3CCCCC3)c2)c45)cc1CC(C)C.[Ir].[Ir].[Ir].[c-]1c(-c2ccccn2)cc(C2CCCCC2)c2c1c1cccc3c4ccccc4n2c13.[c-]1ccccc1-c1ccccn1.[c-]1ccccc1-c1ccccn1.[c-]1ccccc1-c1ccccn1. The summed E-state index contributed by atoms with van der Waals surface area (Å²) in [7, 11) is -1.49. The molecule has 3 aliphatic rings. The van der Waals surface area contributed by atoms with Gasteiger partial charge in [-0.1, -0.05) is 346 Å². The van der Waals surface area contributed by atoms with E-state index in [1.807, 2.05) is 140 Å². The molecule has 0 spiro atoms. The van der Waals surface area contributed by atoms with Crippen LogP contribution in [0.3, 0.4) is 0 Å². The quantitative estimate of drug-likeness (QED) is 0.0796. The molecule has 3 aliphatic carbocycles. The molecule has 12 heterocycles. The van der Waals surface area contributed by atoms with Gasteiger partial charge in [0.1, 0.15) is 0 Å². The average molecular weight is 2440 g/mol. The minimum atomic E-state index is -1.49. The Bertz CT molecular complexity index is 8210. The summed E-state index contributed by atoms with van der Waals surface area (Å²) < 4.78 is 7.63. The van der Waals surface area contributed by atoms with Crippen LogP contribution in [0.5, 0.6) is 0 Å². The van der Waals surface area contributed by atoms with Crippen LogP contribution in [0.1, 0.15) is 175 Å². The van der Waals surface area contributed by atoms with Gasteiger partial charge in [-0.2, -0.15) is 0 Å². The average Bonchev–Trinajstić information content (AvgIpc) is 1.54. The molecule has 0 bridgehead atoms. The van der Waals surface area contributed by atoms with Crippen LogP contribution in [0.4, 0.5) is 0 Å². The van der Waals surface area contributed by atoms with Crippen LogP contribution < -0.4 is 5.19 Å². The van der Waals surface area contributed by atoms with Gasteiger partial charge in [-0.15, -0.1) is 144 Å². The monoisotopic (exact) mass is 2440 g/mol. The van der Waals surface area contributed by atoms with Crippen LogP contribution in [0.15, 0.2) is 340 Å². The Labute approximate surface area is 894 Å². The molecular formula is C132H119Ir3N9Si-6. The number of nitrogens with zero attached hydrogens (tertiary/aromatic N) is 9. The van der Waals surface area contributed by atoms with Crippen LogP contribution >= 0.6 is 0 Å². The number of para-hydroxylation sites is 6. The van der Waals surface area contributed by atoms with Crippen molar-refractivity contribution in [3.8, 4) is 67.5 Å². The molecule has 24 aromatic rings. The summed E-state index contributed by atoms with van der Waals surface area (Å²) in [6.07, 6.45) is 33.4. The third kappa shape index (κ3) is 20.5. The van der Waals surface area contributed by atoms with E-state index in [0.717, 1.165) is 80.4 Å². The molecule has 3 radical (unpaired) electrons. The largest absolute Gasteiger partial charge is 0.348 e. The van der Waals surface area contributed by atoms with E-state index in [2.05, 4.69) is 306 Å². The molecule has 0 aliphatic heterocycles. The van der Waals surface area contributed by atoms with Crippen molar-refractivity contribution in [3.63, 3.8) is 0 Å². The topological polar surface area (TPSA) is 90.6 Å². The van der Waals surface area contributed by atoms with Gasteiger partial charge in [0.2, 0.25) is 0 Å². The van der Waals surface area contributed by atoms with Crippen molar-refractivity contribution in [1.82, 2.24) is 43.1 Å². The second kappa shape index (κ2) is 45.0. The minimum absolute atomic E-state index is 0. The van der Waals surface area contributed by atoms with Crippen molar-refractivity contribution in [2.75, 3.05) is 0 Å². The number of pyridine rings is 6. The van der Waals surface area contributed by atoms with Crippen molar-refractivity contribution < 1.29 is 60.3 Å². The summed E-state index contributed by atoms with van der Waals surface area (Å²) in [4.78, 5) is 27.4. The van der Waals surface area contributed by atoms with Gasteiger partial charge in [-0.25, -0.2) is 0 Å². The van der Waals surface area contributed by atoms with E-state index in [9.17, 15) is 0 Å². The van der Waals surface area contributed by atoms with E-state index in [-0.39, 0.29) is 60.3 Å². The molecule has 3 fully saturated rings. The molecule has 729 valence electrons. The fraction of sp³-hybridized carbons (Fsp3) is 0.227. The Balaban J connectivity index is 0.000000116. The normalized spacial score (nSPS) is 13.7. The Morgan fingerprint density at radius 2 is 0.572 bits per heavy atom. The number of hydrogen-bond donors (Lipinski definition) is 0. The van der Waals surface area contributed by atoms with E-state index in [1.165, 1.54) is 249 Å². The zero-order chi connectivity index (χ0) is 96.3. The summed E-state index contributed by atoms with van der Waals surface area (Å²) in [5, 5.41) is 17.3. The van der Waals surface area contributed by atoms with Crippen LogP contribution in [-0.2, 0) is 73.2 Å². The molecule has 12 aromatic carbocycles. The summed E-state index contributed by atoms with van der Waals surface area (Å²) in [6.45, 7) is 18.8. The first kappa shape index (κ1) is 101. The standard InChI is InChI=1S/C36H39N2Si.C34H33N2.C29H23N2.3C11H8N.3Ir/c1-23(2)18-26-21-32(37-22-34(26)39(3,4)5)25-19-30(24-12-7-6-8-13-24)36-31(20-25)29-16-11-15-28-27-14-9-10-17-33(27)38(36)35(28)29;1-21(2)16-24-19-31(35-20-22(24)3)25-17-29(23-10-5-4-6-11-23)34-30(18-25)28-14-9-13-27-26-12-7-8-15-32(26)36(34)33(27)28;1-2-9-19(10-3-1)24-17-20(26-14-6-7-16-30-26)18-25-23-13-8-12-22-21-11-4-5-15-27(21)31(28(22)23)29(24)25;3*1-2-6-10(7-3-1)11-8-4-5-9-12-11;;;/h9-11,14-17,19,21-24H,6-8,12-13,18H2,1-5H3;7-9,12-15,17,19-21,23H,4-6,10-11,16H2,1-3H3;4-8,11-17,19H,1-3,9-10H2;3*1-6,8-9H;;;/q6*-1;;;. The Kier molecular flexibility index (Phi) is 31.3. The van der Waals surface area contributed by atoms with E-state index in [1.54, 1.807) is 18.6 Å². The van der Waals surface area contributed by atoms with Gasteiger partial charge in [0.05, 0.1) is 8.07 Å². The first-order valence-corrected chi connectivity index (χ1v) is 55.1. The molecular weight excluding hydrogens is 2320 g/mol. The van der Waals surface area contributed by atoms with Crippen LogP contribution in [0.2, 0.25) is 19.6 Å². The van der Waals surface area contributed by atoms with Crippen molar-refractivity contribution in [2.24, 2.45) is 11.8 Å². The van der Waals surface area contributed by atoms with E-state index in [0.29, 0.717) is 29.6 Å². The summed E-state index contributed by atoms with van der Waals surface area (Å²) in [5.74, 6) is 3.02. The van der Waals surface area contributed by atoms with Gasteiger partial charge >= 0.3 is 0 Å². The first-order chi connectivity index (χ1) is 69.7. The predicted octanol–water partition coefficient (Wildman–Crippen LogP) is 34.1. The number of rotatable bonds is 14. The van der Waals surface area contributed by atoms with Gasteiger partial charge in [0, 0.05) is 180 Å². The van der Waals surface area contributed by atoms with E-state index >= 15 is 0 Å². The van der Waals surface area contributed by atoms with Crippen molar-refractivity contribution in [3.05, 3.63) is 410 Å².